The average molecular weight is 286 g/mol. The molecule has 0 N–H and O–H groups in total. The maximum Gasteiger partial charge on any atom is 0.311 e. The molecule has 1 aliphatic carbocycles. The average Bonchev–Trinajstić information content (AvgIpc) is 2.68. The van der Waals surface area contributed by atoms with Gasteiger partial charge >= 0.3 is 5.97 Å². The predicted molar refractivity (Wildman–Crippen MR) is 80.6 cm³/mol. The number of carbonyl (C=O) groups excluding carboxylic acids is 1. The largest absolute Gasteiger partial charge is 0.469 e. The molecule has 3 atom stereocenters. The second-order valence-corrected chi connectivity index (χ2v) is 12.0. The number of methoxy groups -OCH3 is 1. The van der Waals surface area contributed by atoms with E-state index in [-0.39, 0.29) is 23.0 Å². The molecular weight excluding hydrogens is 256 g/mol. The summed E-state index contributed by atoms with van der Waals surface area (Å²) in [6, 6.07) is 0. The standard InChI is InChI=1S/C15H30O3Si/c1-8-11-9-10-12(13(11)14(16)17-5)18-19(6,7)15(2,3)4/h11-13H,8-10H2,1-7H3/t11-,12-,13+/m0/s1. The van der Waals surface area contributed by atoms with E-state index >= 15 is 0 Å². The van der Waals surface area contributed by atoms with Crippen LogP contribution in [0.5, 0.6) is 0 Å². The lowest BCUT2D eigenvalue weighted by Gasteiger charge is -2.39. The van der Waals surface area contributed by atoms with Crippen LogP contribution in [0.3, 0.4) is 0 Å². The van der Waals surface area contributed by atoms with Crippen LogP contribution in [0, 0.1) is 11.8 Å². The first-order valence-electron chi connectivity index (χ1n) is 7.39. The first kappa shape index (κ1) is 16.7. The van der Waals surface area contributed by atoms with Crippen LogP contribution in [0.4, 0.5) is 0 Å². The topological polar surface area (TPSA) is 35.5 Å². The van der Waals surface area contributed by atoms with Gasteiger partial charge in [0.1, 0.15) is 0 Å². The Morgan fingerprint density at radius 3 is 2.26 bits per heavy atom. The Morgan fingerprint density at radius 2 is 1.84 bits per heavy atom. The minimum atomic E-state index is -1.82. The van der Waals surface area contributed by atoms with E-state index in [9.17, 15) is 4.79 Å². The fraction of sp³-hybridized carbons (Fsp3) is 0.933. The molecule has 0 aromatic carbocycles. The number of esters is 1. The van der Waals surface area contributed by atoms with E-state index in [2.05, 4.69) is 40.8 Å². The summed E-state index contributed by atoms with van der Waals surface area (Å²) in [7, 11) is -0.338. The molecule has 0 aliphatic heterocycles. The Balaban J connectivity index is 2.85. The van der Waals surface area contributed by atoms with E-state index in [1.54, 1.807) is 0 Å². The molecular formula is C15H30O3Si. The van der Waals surface area contributed by atoms with Crippen LogP contribution >= 0.6 is 0 Å². The lowest BCUT2D eigenvalue weighted by Crippen LogP contribution is -2.46. The van der Waals surface area contributed by atoms with E-state index in [1.165, 1.54) is 7.11 Å². The lowest BCUT2D eigenvalue weighted by atomic mass is 9.93. The number of rotatable bonds is 4. The van der Waals surface area contributed by atoms with Gasteiger partial charge in [0.25, 0.3) is 0 Å². The van der Waals surface area contributed by atoms with Gasteiger partial charge in [-0.05, 0) is 36.9 Å². The summed E-state index contributed by atoms with van der Waals surface area (Å²) in [6.07, 6.45) is 3.15. The third-order valence-corrected chi connectivity index (χ3v) is 9.48. The minimum Gasteiger partial charge on any atom is -0.469 e. The van der Waals surface area contributed by atoms with Gasteiger partial charge in [0, 0.05) is 0 Å². The normalized spacial score (nSPS) is 28.5. The van der Waals surface area contributed by atoms with E-state index in [0.717, 1.165) is 19.3 Å². The number of carbonyl (C=O) groups is 1. The maximum atomic E-state index is 12.0. The molecule has 0 aromatic rings. The molecule has 0 unspecified atom stereocenters. The molecule has 0 heterocycles. The molecule has 0 bridgehead atoms. The second kappa shape index (κ2) is 5.96. The maximum absolute atomic E-state index is 12.0. The van der Waals surface area contributed by atoms with E-state index in [1.807, 2.05) is 0 Å². The molecule has 0 spiro atoms. The Bertz CT molecular complexity index is 320. The highest BCUT2D eigenvalue weighted by Gasteiger charge is 2.47. The van der Waals surface area contributed by atoms with E-state index in [4.69, 9.17) is 9.16 Å². The quantitative estimate of drug-likeness (QED) is 0.579. The summed E-state index contributed by atoms with van der Waals surface area (Å²) < 4.78 is 11.5. The molecule has 3 nitrogen and oxygen atoms in total. The fourth-order valence-corrected chi connectivity index (χ4v) is 4.04. The molecule has 0 radical (unpaired) electrons. The fourth-order valence-electron chi connectivity index (χ4n) is 2.67. The van der Waals surface area contributed by atoms with Gasteiger partial charge in [0.2, 0.25) is 0 Å². The first-order valence-corrected chi connectivity index (χ1v) is 10.3. The van der Waals surface area contributed by atoms with Crippen LogP contribution in [-0.2, 0) is 14.0 Å². The monoisotopic (exact) mass is 286 g/mol. The lowest BCUT2D eigenvalue weighted by molar-refractivity contribution is -0.149. The Labute approximate surface area is 119 Å². The molecule has 19 heavy (non-hydrogen) atoms. The van der Waals surface area contributed by atoms with Crippen LogP contribution in [0.25, 0.3) is 0 Å². The van der Waals surface area contributed by atoms with Crippen LogP contribution in [0.1, 0.15) is 47.0 Å². The van der Waals surface area contributed by atoms with Crippen molar-refractivity contribution in [3.8, 4) is 0 Å². The summed E-state index contributed by atoms with van der Waals surface area (Å²) in [5.74, 6) is 0.263. The van der Waals surface area contributed by atoms with Gasteiger partial charge in [-0.3, -0.25) is 4.79 Å². The molecule has 4 heteroatoms. The first-order chi connectivity index (χ1) is 8.64. The Kier molecular flexibility index (Phi) is 5.24. The van der Waals surface area contributed by atoms with Gasteiger partial charge < -0.3 is 9.16 Å². The van der Waals surface area contributed by atoms with Crippen LogP contribution in [-0.4, -0.2) is 27.5 Å². The van der Waals surface area contributed by atoms with Crippen molar-refractivity contribution in [1.29, 1.82) is 0 Å². The molecule has 112 valence electrons. The van der Waals surface area contributed by atoms with Gasteiger partial charge in [0.05, 0.1) is 19.1 Å². The highest BCUT2D eigenvalue weighted by atomic mass is 28.4. The van der Waals surface area contributed by atoms with E-state index < -0.39 is 8.32 Å². The zero-order valence-electron chi connectivity index (χ0n) is 13.6. The summed E-state index contributed by atoms with van der Waals surface area (Å²) >= 11 is 0. The summed E-state index contributed by atoms with van der Waals surface area (Å²) in [5.41, 5.74) is 0. The summed E-state index contributed by atoms with van der Waals surface area (Å²) in [5, 5.41) is 0.179. The zero-order chi connectivity index (χ0) is 14.8. The zero-order valence-corrected chi connectivity index (χ0v) is 14.6. The highest BCUT2D eigenvalue weighted by Crippen LogP contribution is 2.43. The molecule has 1 saturated carbocycles. The van der Waals surface area contributed by atoms with Gasteiger partial charge in [-0.25, -0.2) is 0 Å². The molecule has 1 fully saturated rings. The minimum absolute atomic E-state index is 0.0540. The number of hydrogen-bond acceptors (Lipinski definition) is 3. The van der Waals surface area contributed by atoms with Gasteiger partial charge in [-0.1, -0.05) is 34.1 Å². The van der Waals surface area contributed by atoms with Gasteiger partial charge in [-0.15, -0.1) is 0 Å². The molecule has 1 rings (SSSR count). The number of hydrogen-bond donors (Lipinski definition) is 0. The van der Waals surface area contributed by atoms with E-state index in [0.29, 0.717) is 5.92 Å². The van der Waals surface area contributed by atoms with Crippen molar-refractivity contribution < 1.29 is 14.0 Å². The van der Waals surface area contributed by atoms with Crippen molar-refractivity contribution in [2.75, 3.05) is 7.11 Å². The van der Waals surface area contributed by atoms with Crippen molar-refractivity contribution >= 4 is 14.3 Å². The van der Waals surface area contributed by atoms with Crippen molar-refractivity contribution in [2.45, 2.75) is 71.2 Å². The predicted octanol–water partition coefficient (Wildman–Crippen LogP) is 3.99. The van der Waals surface area contributed by atoms with Gasteiger partial charge in [-0.2, -0.15) is 0 Å². The number of ether oxygens (including phenoxy) is 1. The summed E-state index contributed by atoms with van der Waals surface area (Å²) in [6.45, 7) is 13.4. The highest BCUT2D eigenvalue weighted by molar-refractivity contribution is 6.74. The Hall–Kier alpha value is -0.353. The SMILES string of the molecule is CC[C@H]1CC[C@H](O[Si](C)(C)C(C)(C)C)[C@@H]1C(=O)OC. The van der Waals surface area contributed by atoms with Crippen molar-refractivity contribution in [3.05, 3.63) is 0 Å². The third kappa shape index (κ3) is 3.60. The molecule has 0 saturated heterocycles. The van der Waals surface area contributed by atoms with Crippen LogP contribution in [0.15, 0.2) is 0 Å². The third-order valence-electron chi connectivity index (χ3n) is 4.98. The molecule has 1 aliphatic rings. The van der Waals surface area contributed by atoms with Gasteiger partial charge in [0.15, 0.2) is 8.32 Å². The van der Waals surface area contributed by atoms with Crippen molar-refractivity contribution in [2.24, 2.45) is 11.8 Å². The van der Waals surface area contributed by atoms with Crippen LogP contribution < -0.4 is 0 Å². The second-order valence-electron chi connectivity index (χ2n) is 7.21. The molecule has 0 aromatic heterocycles. The van der Waals surface area contributed by atoms with Crippen LogP contribution in [0.2, 0.25) is 18.1 Å². The molecule has 0 amide bonds. The Morgan fingerprint density at radius 1 is 1.26 bits per heavy atom. The summed E-state index contributed by atoms with van der Waals surface area (Å²) in [4.78, 5) is 12.0. The smallest absolute Gasteiger partial charge is 0.311 e. The van der Waals surface area contributed by atoms with Crippen molar-refractivity contribution in [3.63, 3.8) is 0 Å². The van der Waals surface area contributed by atoms with Crippen molar-refractivity contribution in [1.82, 2.24) is 0 Å².